The second kappa shape index (κ2) is 13.9. The molecule has 192 valence electrons. The first-order valence-corrected chi connectivity index (χ1v) is 13.2. The molecule has 1 atom stereocenters. The normalized spacial score (nSPS) is 11.7. The molecule has 0 aliphatic heterocycles. The Balaban J connectivity index is 0.00000145. The van der Waals surface area contributed by atoms with Crippen molar-refractivity contribution < 1.29 is 4.79 Å². The van der Waals surface area contributed by atoms with Crippen LogP contribution in [0.25, 0.3) is 16.8 Å². The van der Waals surface area contributed by atoms with E-state index in [9.17, 15) is 4.79 Å². The molecule has 4 nitrogen and oxygen atoms in total. The van der Waals surface area contributed by atoms with E-state index in [1.807, 2.05) is 73.0 Å². The quantitative estimate of drug-likeness (QED) is 0.386. The predicted octanol–water partition coefficient (Wildman–Crippen LogP) is 8.76. The maximum absolute atomic E-state index is 13.0. The van der Waals surface area contributed by atoms with Crippen LogP contribution in [-0.4, -0.2) is 21.0 Å². The molecule has 0 saturated carbocycles. The highest BCUT2D eigenvalue weighted by atomic mass is 16.1. The zero-order valence-corrected chi connectivity index (χ0v) is 23.9. The molecule has 0 bridgehead atoms. The van der Waals surface area contributed by atoms with Gasteiger partial charge in [-0.2, -0.15) is 0 Å². The van der Waals surface area contributed by atoms with Gasteiger partial charge < -0.3 is 9.88 Å². The molecule has 3 rings (SSSR count). The number of hydrogen-bond acceptors (Lipinski definition) is 2. The van der Waals surface area contributed by atoms with Gasteiger partial charge in [0.1, 0.15) is 5.82 Å². The smallest absolute Gasteiger partial charge is 0.251 e. The van der Waals surface area contributed by atoms with Crippen molar-refractivity contribution in [1.82, 2.24) is 14.9 Å². The zero-order chi connectivity index (χ0) is 26.8. The van der Waals surface area contributed by atoms with Gasteiger partial charge in [0.05, 0.1) is 0 Å². The molecule has 1 heterocycles. The average Bonchev–Trinajstić information content (AvgIpc) is 3.35. The van der Waals surface area contributed by atoms with Crippen molar-refractivity contribution >= 4 is 5.91 Å². The van der Waals surface area contributed by atoms with Crippen molar-refractivity contribution in [3.8, 4) is 16.8 Å². The third-order valence-electron chi connectivity index (χ3n) is 5.56. The highest BCUT2D eigenvalue weighted by molar-refractivity contribution is 5.96. The van der Waals surface area contributed by atoms with Gasteiger partial charge in [-0.1, -0.05) is 79.7 Å². The SMILES string of the molecule is CC.CC.CCC(C)c1ccc(-c2cc(C(=O)NC(C)(C)C)cc(-n3ccnc3C(C)C)c2)cc1. The van der Waals surface area contributed by atoms with E-state index in [1.165, 1.54) is 5.56 Å². The number of carbonyl (C=O) groups excluding carboxylic acids is 1. The summed E-state index contributed by atoms with van der Waals surface area (Å²) in [5.74, 6) is 1.72. The van der Waals surface area contributed by atoms with E-state index in [0.29, 0.717) is 11.5 Å². The number of carbonyl (C=O) groups is 1. The van der Waals surface area contributed by atoms with Gasteiger partial charge in [-0.25, -0.2) is 4.98 Å². The van der Waals surface area contributed by atoms with Gasteiger partial charge in [0.2, 0.25) is 0 Å². The lowest BCUT2D eigenvalue weighted by atomic mass is 9.95. The topological polar surface area (TPSA) is 46.9 Å². The molecule has 2 aromatic carbocycles. The third kappa shape index (κ3) is 8.38. The number of nitrogens with zero attached hydrogens (tertiary/aromatic N) is 2. The molecule has 35 heavy (non-hydrogen) atoms. The monoisotopic (exact) mass is 477 g/mol. The highest BCUT2D eigenvalue weighted by Gasteiger charge is 2.18. The maximum atomic E-state index is 13.0. The number of amides is 1. The minimum Gasteiger partial charge on any atom is -0.347 e. The first kappa shape index (κ1) is 30.2. The fourth-order valence-corrected chi connectivity index (χ4v) is 3.66. The van der Waals surface area contributed by atoms with Crippen LogP contribution in [0.5, 0.6) is 0 Å². The summed E-state index contributed by atoms with van der Waals surface area (Å²) in [4.78, 5) is 17.6. The van der Waals surface area contributed by atoms with Crippen LogP contribution in [0.3, 0.4) is 0 Å². The Hall–Kier alpha value is -2.88. The standard InChI is InChI=1S/C27H35N3O.2C2H6/c1-8-19(4)20-9-11-21(12-10-20)22-15-23(26(31)29-27(5,6)7)17-24(16-22)30-14-13-28-25(30)18(2)3;2*1-2/h9-19H,8H2,1-7H3,(H,29,31);2*1-2H3. The van der Waals surface area contributed by atoms with Crippen LogP contribution >= 0.6 is 0 Å². The largest absolute Gasteiger partial charge is 0.347 e. The van der Waals surface area contributed by atoms with E-state index in [2.05, 4.69) is 72.9 Å². The molecule has 3 aromatic rings. The van der Waals surface area contributed by atoms with Gasteiger partial charge in [0.25, 0.3) is 5.91 Å². The van der Waals surface area contributed by atoms with E-state index >= 15 is 0 Å². The zero-order valence-electron chi connectivity index (χ0n) is 23.9. The first-order chi connectivity index (χ1) is 16.6. The Kier molecular flexibility index (Phi) is 11.9. The Bertz CT molecular complexity index is 1040. The first-order valence-electron chi connectivity index (χ1n) is 13.2. The average molecular weight is 478 g/mol. The van der Waals surface area contributed by atoms with E-state index in [-0.39, 0.29) is 17.4 Å². The van der Waals surface area contributed by atoms with Crippen LogP contribution in [0.1, 0.15) is 116 Å². The molecule has 0 radical (unpaired) electrons. The number of nitrogens with one attached hydrogen (secondary N) is 1. The second-order valence-corrected chi connectivity index (χ2v) is 9.71. The Morgan fingerprint density at radius 2 is 1.54 bits per heavy atom. The molecule has 0 aliphatic rings. The van der Waals surface area contributed by atoms with Crippen LogP contribution in [0.4, 0.5) is 0 Å². The summed E-state index contributed by atoms with van der Waals surface area (Å²) in [6, 6.07) is 14.8. The maximum Gasteiger partial charge on any atom is 0.251 e. The van der Waals surface area contributed by atoms with Crippen molar-refractivity contribution in [3.63, 3.8) is 0 Å². The summed E-state index contributed by atoms with van der Waals surface area (Å²) in [6.45, 7) is 22.7. The fraction of sp³-hybridized carbons (Fsp3) is 0.484. The second-order valence-electron chi connectivity index (χ2n) is 9.71. The number of aromatic nitrogens is 2. The number of benzene rings is 2. The van der Waals surface area contributed by atoms with Gasteiger partial charge in [-0.05, 0) is 68.0 Å². The molecular weight excluding hydrogens is 430 g/mol. The number of rotatable bonds is 6. The highest BCUT2D eigenvalue weighted by Crippen LogP contribution is 2.28. The minimum atomic E-state index is -0.302. The van der Waals surface area contributed by atoms with Crippen LogP contribution in [0.15, 0.2) is 54.9 Å². The minimum absolute atomic E-state index is 0.0713. The van der Waals surface area contributed by atoms with Crippen molar-refractivity contribution in [2.75, 3.05) is 0 Å². The van der Waals surface area contributed by atoms with Crippen molar-refractivity contribution in [2.45, 2.75) is 100.0 Å². The van der Waals surface area contributed by atoms with Crippen molar-refractivity contribution in [2.24, 2.45) is 0 Å². The van der Waals surface area contributed by atoms with E-state index in [0.717, 1.165) is 29.1 Å². The summed E-state index contributed by atoms with van der Waals surface area (Å²) in [6.07, 6.45) is 4.90. The molecule has 4 heteroatoms. The van der Waals surface area contributed by atoms with Crippen LogP contribution in [-0.2, 0) is 0 Å². The molecule has 0 aliphatic carbocycles. The predicted molar refractivity (Wildman–Crippen MR) is 152 cm³/mol. The summed E-state index contributed by atoms with van der Waals surface area (Å²) in [7, 11) is 0. The Labute approximate surface area is 214 Å². The van der Waals surface area contributed by atoms with Crippen LogP contribution in [0, 0.1) is 0 Å². The molecule has 1 amide bonds. The van der Waals surface area contributed by atoms with E-state index in [1.54, 1.807) is 0 Å². The van der Waals surface area contributed by atoms with Crippen molar-refractivity contribution in [1.29, 1.82) is 0 Å². The van der Waals surface area contributed by atoms with Gasteiger partial charge in [-0.15, -0.1) is 0 Å². The molecular formula is C31H47N3O. The van der Waals surface area contributed by atoms with Gasteiger partial charge in [-0.3, -0.25) is 4.79 Å². The lowest BCUT2D eigenvalue weighted by Crippen LogP contribution is -2.40. The van der Waals surface area contributed by atoms with Crippen LogP contribution in [0.2, 0.25) is 0 Å². The van der Waals surface area contributed by atoms with Crippen LogP contribution < -0.4 is 5.32 Å². The van der Waals surface area contributed by atoms with Gasteiger partial charge >= 0.3 is 0 Å². The number of imidazole rings is 1. The molecule has 1 N–H and O–H groups in total. The summed E-state index contributed by atoms with van der Waals surface area (Å²) in [5.41, 5.74) is 4.76. The van der Waals surface area contributed by atoms with E-state index in [4.69, 9.17) is 0 Å². The molecule has 0 fully saturated rings. The Morgan fingerprint density at radius 3 is 2.06 bits per heavy atom. The fourth-order valence-electron chi connectivity index (χ4n) is 3.66. The Morgan fingerprint density at radius 1 is 0.943 bits per heavy atom. The van der Waals surface area contributed by atoms with E-state index < -0.39 is 0 Å². The van der Waals surface area contributed by atoms with Gasteiger partial charge in [0.15, 0.2) is 0 Å². The lowest BCUT2D eigenvalue weighted by Gasteiger charge is -2.21. The molecule has 1 unspecified atom stereocenters. The van der Waals surface area contributed by atoms with Crippen molar-refractivity contribution in [3.05, 3.63) is 71.8 Å². The molecule has 1 aromatic heterocycles. The molecule has 0 spiro atoms. The molecule has 0 saturated heterocycles. The lowest BCUT2D eigenvalue weighted by molar-refractivity contribution is 0.0919. The third-order valence-corrected chi connectivity index (χ3v) is 5.56. The van der Waals surface area contributed by atoms with Gasteiger partial charge in [0, 0.05) is 35.1 Å². The summed E-state index contributed by atoms with van der Waals surface area (Å²) < 4.78 is 2.08. The number of hydrogen-bond donors (Lipinski definition) is 1. The summed E-state index contributed by atoms with van der Waals surface area (Å²) in [5, 5.41) is 3.09. The summed E-state index contributed by atoms with van der Waals surface area (Å²) >= 11 is 0.